The number of aromatic nitrogens is 2. The number of benzene rings is 1. The third kappa shape index (κ3) is 2.14. The van der Waals surface area contributed by atoms with Gasteiger partial charge in [-0.25, -0.2) is 0 Å². The second-order valence-corrected chi connectivity index (χ2v) is 5.45. The van der Waals surface area contributed by atoms with Crippen molar-refractivity contribution in [2.45, 2.75) is 33.2 Å². The molecule has 0 spiro atoms. The van der Waals surface area contributed by atoms with E-state index in [4.69, 9.17) is 23.8 Å². The van der Waals surface area contributed by atoms with Crippen LogP contribution >= 0.6 is 23.8 Å². The van der Waals surface area contributed by atoms with E-state index in [1.54, 1.807) is 0 Å². The summed E-state index contributed by atoms with van der Waals surface area (Å²) in [6.45, 7) is 6.61. The fourth-order valence-corrected chi connectivity index (χ4v) is 3.01. The molecule has 1 aromatic carbocycles. The van der Waals surface area contributed by atoms with Crippen LogP contribution in [-0.2, 0) is 0 Å². The number of fused-ring (bicyclic) bond motifs is 1. The summed E-state index contributed by atoms with van der Waals surface area (Å²) in [5.74, 6) is 0.530. The third-order valence-electron chi connectivity index (χ3n) is 3.21. The average Bonchev–Trinajstić information content (AvgIpc) is 2.58. The van der Waals surface area contributed by atoms with Gasteiger partial charge in [0.25, 0.3) is 0 Å². The predicted molar refractivity (Wildman–Crippen MR) is 76.3 cm³/mol. The van der Waals surface area contributed by atoms with Gasteiger partial charge in [0.1, 0.15) is 0 Å². The van der Waals surface area contributed by atoms with Gasteiger partial charge in [-0.1, -0.05) is 38.4 Å². The molecule has 0 aliphatic heterocycles. The average molecular weight is 269 g/mol. The Bertz CT molecular complexity index is 583. The van der Waals surface area contributed by atoms with E-state index in [9.17, 15) is 0 Å². The lowest BCUT2D eigenvalue weighted by molar-refractivity contribution is 0.370. The lowest BCUT2D eigenvalue weighted by Crippen LogP contribution is -2.14. The van der Waals surface area contributed by atoms with Crippen LogP contribution in [0, 0.1) is 10.7 Å². The highest BCUT2D eigenvalue weighted by atomic mass is 35.5. The Labute approximate surface area is 112 Å². The van der Waals surface area contributed by atoms with Crippen LogP contribution in [-0.4, -0.2) is 9.55 Å². The summed E-state index contributed by atoms with van der Waals surface area (Å²) in [6, 6.07) is 6.25. The molecule has 0 radical (unpaired) electrons. The molecule has 0 aliphatic rings. The van der Waals surface area contributed by atoms with Gasteiger partial charge in [-0.05, 0) is 36.7 Å². The summed E-state index contributed by atoms with van der Waals surface area (Å²) in [5, 5.41) is 0.758. The monoisotopic (exact) mass is 268 g/mol. The van der Waals surface area contributed by atoms with Crippen molar-refractivity contribution >= 4 is 34.9 Å². The molecule has 2 rings (SSSR count). The normalized spacial score (nSPS) is 13.5. The molecule has 1 atom stereocenters. The van der Waals surface area contributed by atoms with E-state index in [1.807, 2.05) is 18.2 Å². The van der Waals surface area contributed by atoms with Crippen molar-refractivity contribution < 1.29 is 0 Å². The Morgan fingerprint density at radius 3 is 2.71 bits per heavy atom. The van der Waals surface area contributed by atoms with E-state index in [0.717, 1.165) is 27.2 Å². The molecule has 1 unspecified atom stereocenters. The minimum Gasteiger partial charge on any atom is -0.331 e. The molecule has 1 heterocycles. The Kier molecular flexibility index (Phi) is 3.59. The minimum absolute atomic E-state index is 0.385. The van der Waals surface area contributed by atoms with Crippen molar-refractivity contribution in [3.8, 4) is 0 Å². The highest BCUT2D eigenvalue weighted by Crippen LogP contribution is 2.30. The fourth-order valence-electron chi connectivity index (χ4n) is 2.41. The lowest BCUT2D eigenvalue weighted by atomic mass is 10.0. The van der Waals surface area contributed by atoms with Crippen molar-refractivity contribution in [2.75, 3.05) is 0 Å². The number of aromatic amines is 1. The number of para-hydroxylation sites is 1. The van der Waals surface area contributed by atoms with E-state index in [-0.39, 0.29) is 0 Å². The van der Waals surface area contributed by atoms with Crippen LogP contribution in [0.3, 0.4) is 0 Å². The fraction of sp³-hybridized carbons (Fsp3) is 0.462. The molecule has 0 bridgehead atoms. The van der Waals surface area contributed by atoms with Crippen LogP contribution in [0.4, 0.5) is 0 Å². The van der Waals surface area contributed by atoms with Gasteiger partial charge in [-0.3, -0.25) is 0 Å². The zero-order valence-corrected chi connectivity index (χ0v) is 11.9. The number of imidazole rings is 1. The quantitative estimate of drug-likeness (QED) is 0.781. The summed E-state index contributed by atoms with van der Waals surface area (Å²) >= 11 is 11.7. The van der Waals surface area contributed by atoms with Crippen molar-refractivity contribution in [1.29, 1.82) is 0 Å². The smallest absolute Gasteiger partial charge is 0.178 e. The van der Waals surface area contributed by atoms with Crippen molar-refractivity contribution in [3.63, 3.8) is 0 Å². The van der Waals surface area contributed by atoms with Crippen molar-refractivity contribution in [3.05, 3.63) is 28.0 Å². The third-order valence-corrected chi connectivity index (χ3v) is 3.81. The van der Waals surface area contributed by atoms with Crippen molar-refractivity contribution in [2.24, 2.45) is 5.92 Å². The molecule has 1 aromatic heterocycles. The molecule has 0 amide bonds. The maximum Gasteiger partial charge on any atom is 0.178 e. The first-order valence-corrected chi connectivity index (χ1v) is 6.73. The standard InChI is InChI=1S/C13H17ClN2S/c1-4-11(8(2)3)16-12-9(14)6-5-7-10(12)15-13(16)17/h5-8,11H,4H2,1-3H3,(H,15,17). The van der Waals surface area contributed by atoms with E-state index in [2.05, 4.69) is 30.3 Å². The number of halogens is 1. The highest BCUT2D eigenvalue weighted by molar-refractivity contribution is 7.71. The molecule has 0 aliphatic carbocycles. The van der Waals surface area contributed by atoms with E-state index in [0.29, 0.717) is 12.0 Å². The number of rotatable bonds is 3. The Hall–Kier alpha value is -0.800. The molecule has 1 N–H and O–H groups in total. The Balaban J connectivity index is 2.76. The molecular formula is C13H17ClN2S. The Morgan fingerprint density at radius 2 is 2.12 bits per heavy atom. The SMILES string of the molecule is CCC(C(C)C)n1c(=S)[nH]c2cccc(Cl)c21. The summed E-state index contributed by atoms with van der Waals surface area (Å²) in [4.78, 5) is 3.23. The molecular weight excluding hydrogens is 252 g/mol. The zero-order valence-electron chi connectivity index (χ0n) is 10.3. The minimum atomic E-state index is 0.385. The molecule has 0 fully saturated rings. The van der Waals surface area contributed by atoms with Crippen LogP contribution in [0.2, 0.25) is 5.02 Å². The van der Waals surface area contributed by atoms with E-state index >= 15 is 0 Å². The molecule has 0 saturated carbocycles. The number of H-pyrrole nitrogens is 1. The maximum atomic E-state index is 6.29. The summed E-state index contributed by atoms with van der Waals surface area (Å²) < 4.78 is 2.92. The molecule has 2 nitrogen and oxygen atoms in total. The van der Waals surface area contributed by atoms with Gasteiger partial charge in [-0.15, -0.1) is 0 Å². The summed E-state index contributed by atoms with van der Waals surface area (Å²) in [7, 11) is 0. The summed E-state index contributed by atoms with van der Waals surface area (Å²) in [5.41, 5.74) is 2.04. The van der Waals surface area contributed by atoms with Gasteiger partial charge in [-0.2, -0.15) is 0 Å². The highest BCUT2D eigenvalue weighted by Gasteiger charge is 2.18. The molecule has 2 aromatic rings. The largest absolute Gasteiger partial charge is 0.331 e. The number of nitrogens with one attached hydrogen (secondary N) is 1. The van der Waals surface area contributed by atoms with Gasteiger partial charge in [0, 0.05) is 6.04 Å². The maximum absolute atomic E-state index is 6.29. The van der Waals surface area contributed by atoms with Gasteiger partial charge >= 0.3 is 0 Å². The van der Waals surface area contributed by atoms with Crippen LogP contribution < -0.4 is 0 Å². The lowest BCUT2D eigenvalue weighted by Gasteiger charge is -2.22. The molecule has 17 heavy (non-hydrogen) atoms. The first kappa shape index (κ1) is 12.7. The van der Waals surface area contributed by atoms with Crippen LogP contribution in [0.25, 0.3) is 11.0 Å². The van der Waals surface area contributed by atoms with Gasteiger partial charge in [0.2, 0.25) is 0 Å². The zero-order chi connectivity index (χ0) is 12.6. The first-order valence-electron chi connectivity index (χ1n) is 5.95. The second-order valence-electron chi connectivity index (χ2n) is 4.66. The van der Waals surface area contributed by atoms with Crippen LogP contribution in [0.5, 0.6) is 0 Å². The van der Waals surface area contributed by atoms with Crippen LogP contribution in [0.15, 0.2) is 18.2 Å². The number of nitrogens with zero attached hydrogens (tertiary/aromatic N) is 1. The summed E-state index contributed by atoms with van der Waals surface area (Å²) in [6.07, 6.45) is 1.05. The van der Waals surface area contributed by atoms with Gasteiger partial charge in [0.05, 0.1) is 16.1 Å². The number of hydrogen-bond donors (Lipinski definition) is 1. The van der Waals surface area contributed by atoms with E-state index in [1.165, 1.54) is 0 Å². The number of hydrogen-bond acceptors (Lipinski definition) is 1. The van der Waals surface area contributed by atoms with Crippen LogP contribution in [0.1, 0.15) is 33.2 Å². The van der Waals surface area contributed by atoms with E-state index < -0.39 is 0 Å². The molecule has 0 saturated heterocycles. The van der Waals surface area contributed by atoms with Gasteiger partial charge < -0.3 is 9.55 Å². The van der Waals surface area contributed by atoms with Crippen molar-refractivity contribution in [1.82, 2.24) is 9.55 Å². The van der Waals surface area contributed by atoms with Gasteiger partial charge in [0.15, 0.2) is 4.77 Å². The first-order chi connectivity index (χ1) is 8.06. The second kappa shape index (κ2) is 4.83. The Morgan fingerprint density at radius 1 is 1.41 bits per heavy atom. The topological polar surface area (TPSA) is 20.7 Å². The predicted octanol–water partition coefficient (Wildman–Crippen LogP) is 4.96. The molecule has 92 valence electrons. The molecule has 4 heteroatoms.